The summed E-state index contributed by atoms with van der Waals surface area (Å²) in [5.74, 6) is 2.09. The molecule has 0 aliphatic heterocycles. The van der Waals surface area contributed by atoms with Crippen LogP contribution in [0.4, 0.5) is 0 Å². The predicted octanol–water partition coefficient (Wildman–Crippen LogP) is 6.27. The van der Waals surface area contributed by atoms with Gasteiger partial charge in [0.2, 0.25) is 5.82 Å². The molecule has 182 valence electrons. The zero-order chi connectivity index (χ0) is 25.1. The van der Waals surface area contributed by atoms with Crippen molar-refractivity contribution in [3.05, 3.63) is 88.7 Å². The fraction of sp³-hybridized carbons (Fsp3) is 0.207. The first-order valence-electron chi connectivity index (χ1n) is 12.1. The van der Waals surface area contributed by atoms with E-state index in [0.717, 1.165) is 17.4 Å². The van der Waals surface area contributed by atoms with Crippen LogP contribution >= 0.6 is 0 Å². The van der Waals surface area contributed by atoms with Gasteiger partial charge in [0.25, 0.3) is 5.56 Å². The molecule has 2 heterocycles. The SMILES string of the molecule is CCOc1cc(C=Nn2c(-c3cc4ccccc4o3)nc3ccccc3c2=O)ccc1O[C@H](C)CC. The molecule has 1 atom stereocenters. The van der Waals surface area contributed by atoms with Crippen molar-refractivity contribution < 1.29 is 13.9 Å². The minimum absolute atomic E-state index is 0.0670. The molecule has 0 N–H and O–H groups in total. The third-order valence-electron chi connectivity index (χ3n) is 5.89. The van der Waals surface area contributed by atoms with E-state index in [1.54, 1.807) is 18.3 Å². The van der Waals surface area contributed by atoms with Gasteiger partial charge >= 0.3 is 0 Å². The van der Waals surface area contributed by atoms with Crippen LogP contribution in [-0.2, 0) is 0 Å². The van der Waals surface area contributed by atoms with Crippen molar-refractivity contribution in [1.82, 2.24) is 9.66 Å². The van der Waals surface area contributed by atoms with Gasteiger partial charge in [-0.15, -0.1) is 0 Å². The lowest BCUT2D eigenvalue weighted by atomic mass is 10.2. The Bertz CT molecular complexity index is 1580. The Hall–Kier alpha value is -4.39. The van der Waals surface area contributed by atoms with Gasteiger partial charge in [-0.2, -0.15) is 9.78 Å². The summed E-state index contributed by atoms with van der Waals surface area (Å²) in [6.45, 7) is 6.51. The van der Waals surface area contributed by atoms with Crippen molar-refractivity contribution in [2.75, 3.05) is 6.61 Å². The number of aromatic nitrogens is 2. The highest BCUT2D eigenvalue weighted by molar-refractivity contribution is 5.85. The average Bonchev–Trinajstić information content (AvgIpc) is 3.33. The van der Waals surface area contributed by atoms with E-state index in [0.29, 0.717) is 46.2 Å². The van der Waals surface area contributed by atoms with E-state index in [2.05, 4.69) is 12.0 Å². The highest BCUT2D eigenvalue weighted by Gasteiger charge is 2.16. The molecule has 0 fully saturated rings. The Labute approximate surface area is 208 Å². The molecule has 2 aromatic heterocycles. The summed E-state index contributed by atoms with van der Waals surface area (Å²) in [5.41, 5.74) is 1.76. The van der Waals surface area contributed by atoms with Gasteiger partial charge < -0.3 is 13.9 Å². The number of hydrogen-bond acceptors (Lipinski definition) is 6. The first-order chi connectivity index (χ1) is 17.6. The highest BCUT2D eigenvalue weighted by atomic mass is 16.5. The van der Waals surface area contributed by atoms with Gasteiger partial charge in [0, 0.05) is 5.39 Å². The molecule has 0 saturated carbocycles. The minimum Gasteiger partial charge on any atom is -0.490 e. The maximum Gasteiger partial charge on any atom is 0.282 e. The van der Waals surface area contributed by atoms with Crippen LogP contribution in [0, 0.1) is 0 Å². The second kappa shape index (κ2) is 10.1. The smallest absolute Gasteiger partial charge is 0.282 e. The van der Waals surface area contributed by atoms with Crippen LogP contribution in [0.5, 0.6) is 11.5 Å². The molecule has 0 radical (unpaired) electrons. The van der Waals surface area contributed by atoms with Gasteiger partial charge in [-0.05, 0) is 68.3 Å². The second-order valence-electron chi connectivity index (χ2n) is 8.44. The molecule has 0 spiro atoms. The van der Waals surface area contributed by atoms with Crippen LogP contribution in [0.1, 0.15) is 32.8 Å². The normalized spacial score (nSPS) is 12.4. The number of hydrogen-bond donors (Lipinski definition) is 0. The molecule has 5 aromatic rings. The molecule has 0 amide bonds. The molecule has 5 rings (SSSR count). The molecule has 7 heteroatoms. The van der Waals surface area contributed by atoms with Crippen LogP contribution in [0.25, 0.3) is 33.5 Å². The van der Waals surface area contributed by atoms with Gasteiger partial charge in [0.15, 0.2) is 17.3 Å². The summed E-state index contributed by atoms with van der Waals surface area (Å²) in [7, 11) is 0. The third-order valence-corrected chi connectivity index (χ3v) is 5.89. The van der Waals surface area contributed by atoms with Crippen LogP contribution in [-0.4, -0.2) is 28.6 Å². The standard InChI is InChI=1S/C29H27N3O4/c1-4-19(3)35-25-15-14-20(16-26(25)34-5-2)18-30-32-28(27-17-21-10-6-9-13-24(21)36-27)31-23-12-8-7-11-22(23)29(32)33/h6-19H,4-5H2,1-3H3/t19-/m1/s1. The number of ether oxygens (including phenoxy) is 2. The van der Waals surface area contributed by atoms with Crippen molar-refractivity contribution >= 4 is 28.1 Å². The van der Waals surface area contributed by atoms with Crippen molar-refractivity contribution in [3.63, 3.8) is 0 Å². The molecule has 0 unspecified atom stereocenters. The molecule has 0 saturated heterocycles. The lowest BCUT2D eigenvalue weighted by Gasteiger charge is -2.16. The monoisotopic (exact) mass is 481 g/mol. The maximum absolute atomic E-state index is 13.5. The Morgan fingerprint density at radius 3 is 2.64 bits per heavy atom. The number of furan rings is 1. The number of rotatable bonds is 8. The van der Waals surface area contributed by atoms with Crippen LogP contribution in [0.3, 0.4) is 0 Å². The summed E-state index contributed by atoms with van der Waals surface area (Å²) in [6.07, 6.45) is 2.56. The van der Waals surface area contributed by atoms with E-state index < -0.39 is 0 Å². The lowest BCUT2D eigenvalue weighted by molar-refractivity contribution is 0.203. The van der Waals surface area contributed by atoms with Crippen molar-refractivity contribution in [3.8, 4) is 23.1 Å². The average molecular weight is 482 g/mol. The summed E-state index contributed by atoms with van der Waals surface area (Å²) in [4.78, 5) is 18.2. The number of para-hydroxylation sites is 2. The Morgan fingerprint density at radius 1 is 1.03 bits per heavy atom. The van der Waals surface area contributed by atoms with E-state index in [1.165, 1.54) is 4.68 Å². The Morgan fingerprint density at radius 2 is 1.83 bits per heavy atom. The highest BCUT2D eigenvalue weighted by Crippen LogP contribution is 2.30. The maximum atomic E-state index is 13.5. The van der Waals surface area contributed by atoms with Crippen molar-refractivity contribution in [2.24, 2.45) is 5.10 Å². The van der Waals surface area contributed by atoms with E-state index >= 15 is 0 Å². The van der Waals surface area contributed by atoms with Gasteiger partial charge in [0.05, 0.1) is 29.8 Å². The zero-order valence-electron chi connectivity index (χ0n) is 20.5. The molecule has 36 heavy (non-hydrogen) atoms. The number of benzene rings is 3. The van der Waals surface area contributed by atoms with Crippen LogP contribution in [0.2, 0.25) is 0 Å². The Balaban J connectivity index is 1.61. The van der Waals surface area contributed by atoms with Gasteiger partial charge in [-0.3, -0.25) is 4.79 Å². The molecule has 0 aliphatic carbocycles. The van der Waals surface area contributed by atoms with E-state index in [4.69, 9.17) is 18.9 Å². The fourth-order valence-corrected chi connectivity index (χ4v) is 3.88. The number of fused-ring (bicyclic) bond motifs is 2. The predicted molar refractivity (Wildman–Crippen MR) is 142 cm³/mol. The van der Waals surface area contributed by atoms with E-state index in [9.17, 15) is 4.79 Å². The zero-order valence-corrected chi connectivity index (χ0v) is 20.5. The summed E-state index contributed by atoms with van der Waals surface area (Å²) < 4.78 is 19.1. The minimum atomic E-state index is -0.283. The summed E-state index contributed by atoms with van der Waals surface area (Å²) in [5, 5.41) is 5.93. The summed E-state index contributed by atoms with van der Waals surface area (Å²) in [6, 6.07) is 22.3. The quantitative estimate of drug-likeness (QED) is 0.244. The molecule has 7 nitrogen and oxygen atoms in total. The van der Waals surface area contributed by atoms with Crippen molar-refractivity contribution in [2.45, 2.75) is 33.3 Å². The van der Waals surface area contributed by atoms with Gasteiger partial charge in [0.1, 0.15) is 5.58 Å². The third kappa shape index (κ3) is 4.60. The summed E-state index contributed by atoms with van der Waals surface area (Å²) >= 11 is 0. The first kappa shape index (κ1) is 23.4. The lowest BCUT2D eigenvalue weighted by Crippen LogP contribution is -2.20. The largest absolute Gasteiger partial charge is 0.490 e. The van der Waals surface area contributed by atoms with Crippen LogP contribution < -0.4 is 15.0 Å². The molecule has 3 aromatic carbocycles. The van der Waals surface area contributed by atoms with Crippen LogP contribution in [0.15, 0.2) is 87.1 Å². The van der Waals surface area contributed by atoms with E-state index in [1.807, 2.05) is 74.5 Å². The van der Waals surface area contributed by atoms with Gasteiger partial charge in [-0.25, -0.2) is 4.98 Å². The topological polar surface area (TPSA) is 78.9 Å². The Kier molecular flexibility index (Phi) is 6.54. The van der Waals surface area contributed by atoms with E-state index in [-0.39, 0.29) is 11.7 Å². The van der Waals surface area contributed by atoms with Gasteiger partial charge in [-0.1, -0.05) is 37.3 Å². The fourth-order valence-electron chi connectivity index (χ4n) is 3.88. The molecule has 0 bridgehead atoms. The van der Waals surface area contributed by atoms with Crippen molar-refractivity contribution in [1.29, 1.82) is 0 Å². The molecular formula is C29H27N3O4. The number of nitrogens with zero attached hydrogens (tertiary/aromatic N) is 3. The first-order valence-corrected chi connectivity index (χ1v) is 12.1. The second-order valence-corrected chi connectivity index (χ2v) is 8.44. The molecular weight excluding hydrogens is 454 g/mol. The molecule has 0 aliphatic rings.